The van der Waals surface area contributed by atoms with Gasteiger partial charge in [0.2, 0.25) is 0 Å². The molecule has 0 bridgehead atoms. The van der Waals surface area contributed by atoms with E-state index in [1.165, 1.54) is 43.5 Å². The molecule has 1 N–H and O–H groups in total. The zero-order valence-corrected chi connectivity index (χ0v) is 52.4. The van der Waals surface area contributed by atoms with E-state index in [0.29, 0.717) is 33.5 Å². The third-order valence-corrected chi connectivity index (χ3v) is 17.2. The molecule has 0 radical (unpaired) electrons. The Morgan fingerprint density at radius 2 is 1.06 bits per heavy atom. The molecule has 0 saturated heterocycles. The van der Waals surface area contributed by atoms with Crippen molar-refractivity contribution in [1.82, 2.24) is 14.5 Å². The van der Waals surface area contributed by atoms with Crippen LogP contribution in [0.1, 0.15) is 223 Å². The summed E-state index contributed by atoms with van der Waals surface area (Å²) in [6.45, 7) is 4.90. The van der Waals surface area contributed by atoms with E-state index in [2.05, 4.69) is 104 Å². The zero-order valence-electron chi connectivity index (χ0n) is 70.1. The molecule has 9 aromatic rings. The smallest absolute Gasteiger partial charge is 0.148 e. The first kappa shape index (κ1) is 39.3. The van der Waals surface area contributed by atoms with Crippen molar-refractivity contribution in [2.45, 2.75) is 194 Å². The fraction of sp³-hybridized carbons (Fsp3) is 0.385. The van der Waals surface area contributed by atoms with Crippen LogP contribution in [0.15, 0.2) is 140 Å². The van der Waals surface area contributed by atoms with Gasteiger partial charge in [0, 0.05) is 68.8 Å². The van der Waals surface area contributed by atoms with Crippen molar-refractivity contribution >= 4 is 11.0 Å². The van der Waals surface area contributed by atoms with E-state index in [0.717, 1.165) is 29.5 Å². The van der Waals surface area contributed by atoms with E-state index < -0.39 is 103 Å². The summed E-state index contributed by atoms with van der Waals surface area (Å²) in [4.78, 5) is 10.4. The van der Waals surface area contributed by atoms with Crippen molar-refractivity contribution in [2.24, 2.45) is 0 Å². The predicted molar refractivity (Wildman–Crippen MR) is 348 cm³/mol. The number of hydrogen-bond acceptors (Lipinski definition) is 3. The van der Waals surface area contributed by atoms with Gasteiger partial charge in [0.1, 0.15) is 11.6 Å². The molecule has 0 spiro atoms. The maximum absolute atomic E-state index is 13.4. The average molecular weight is 1300 g/mol. The summed E-state index contributed by atoms with van der Waals surface area (Å²) in [6, 6.07) is 38.6. The molecule has 2 aromatic heterocycles. The van der Waals surface area contributed by atoms with Crippen LogP contribution >= 0.6 is 0 Å². The van der Waals surface area contributed by atoms with Crippen LogP contribution in [-0.4, -0.2) is 19.6 Å². The molecule has 2 aliphatic rings. The third-order valence-electron chi connectivity index (χ3n) is 17.2. The molecular formula is C78H88N3OPt-. The van der Waals surface area contributed by atoms with Crippen molar-refractivity contribution in [1.29, 1.82) is 0 Å². The molecule has 0 atom stereocenters. The van der Waals surface area contributed by atoms with Gasteiger partial charge in [-0.05, 0) is 148 Å². The van der Waals surface area contributed by atoms with Gasteiger partial charge in [-0.3, -0.25) is 9.55 Å². The molecule has 0 aliphatic heterocycles. The van der Waals surface area contributed by atoms with Gasteiger partial charge in [0.05, 0.1) is 25.0 Å². The average Bonchev–Trinajstić information content (AvgIpc) is 0.993. The van der Waals surface area contributed by atoms with Crippen LogP contribution in [0, 0.1) is 6.07 Å². The first-order valence-corrected chi connectivity index (χ1v) is 28.4. The number of aromatic nitrogens is 3. The second kappa shape index (κ2) is 20.1. The van der Waals surface area contributed by atoms with Gasteiger partial charge in [-0.2, -0.15) is 0 Å². The Hall–Kier alpha value is -6.35. The summed E-state index contributed by atoms with van der Waals surface area (Å²) >= 11 is 0. The van der Waals surface area contributed by atoms with Crippen LogP contribution in [0.4, 0.5) is 0 Å². The van der Waals surface area contributed by atoms with Crippen LogP contribution < -0.4 is 0 Å². The Balaban J connectivity index is 0.0000114. The number of fused-ring (bicyclic) bond motifs is 3. The number of hydrogen-bond donors (Lipinski definition) is 1. The van der Waals surface area contributed by atoms with Crippen LogP contribution in [0.3, 0.4) is 0 Å². The molecule has 5 heteroatoms. The van der Waals surface area contributed by atoms with Crippen LogP contribution in [-0.2, 0) is 64.4 Å². The second-order valence-corrected chi connectivity index (χ2v) is 27.9. The molecule has 4 nitrogen and oxygen atoms in total. The molecule has 0 unspecified atom stereocenters. The van der Waals surface area contributed by atoms with Crippen molar-refractivity contribution in [3.8, 4) is 78.6 Å². The van der Waals surface area contributed by atoms with Gasteiger partial charge in [-0.15, -0.1) is 29.3 Å². The van der Waals surface area contributed by atoms with Gasteiger partial charge in [0.25, 0.3) is 0 Å². The number of phenolic OH excluding ortho intramolecular Hbond substituents is 1. The zero-order chi connectivity index (χ0) is 76.0. The molecule has 7 aromatic carbocycles. The van der Waals surface area contributed by atoms with E-state index in [1.54, 1.807) is 48.5 Å². The van der Waals surface area contributed by atoms with Crippen molar-refractivity contribution < 1.29 is 53.6 Å². The van der Waals surface area contributed by atoms with E-state index >= 15 is 0 Å². The monoisotopic (exact) mass is 1300 g/mol. The molecule has 2 aliphatic carbocycles. The first-order chi connectivity index (χ1) is 46.4. The van der Waals surface area contributed by atoms with Gasteiger partial charge in [0.15, 0.2) is 0 Å². The number of rotatable bonds is 7. The molecule has 83 heavy (non-hydrogen) atoms. The summed E-state index contributed by atoms with van der Waals surface area (Å²) in [5.74, 6) is -2.36. The van der Waals surface area contributed by atoms with Crippen molar-refractivity contribution in [2.75, 3.05) is 0 Å². The summed E-state index contributed by atoms with van der Waals surface area (Å²) in [6.07, 6.45) is 3.62. The minimum Gasteiger partial charge on any atom is -0.507 e. The first-order valence-electron chi connectivity index (χ1n) is 38.4. The SMILES string of the molecule is [2H]c1c(-c2nc3c(-c4[c-]c(-c5cc(-c6c7c(c(-c8ccccc8)c8c6C(C)(C)CC8(C)C)C(C)(C)CC7(C)C)ccn5)cc(C(C)(C)C)c4)cccc3n2-c2ccc(C(C)(C)C)cc2-c2ccccc2)c(O)c(C(C([2H])([2H])[2H])(C([2H])([2H])[2H])C([2H])([2H])[2H])c([2H])c1C(C([2H])([2H])[2H])(C([2H])([2H])[2H])C([2H])([2H])[2H].[Pt]. The number of para-hydroxylation sites is 1. The molecule has 0 amide bonds. The second-order valence-electron chi connectivity index (χ2n) is 27.9. The van der Waals surface area contributed by atoms with E-state index in [4.69, 9.17) is 34.6 Å². The van der Waals surface area contributed by atoms with Crippen LogP contribution in [0.2, 0.25) is 0 Å². The Bertz CT molecular complexity index is 4640. The molecule has 2 heterocycles. The minimum atomic E-state index is -4.45. The van der Waals surface area contributed by atoms with Crippen molar-refractivity contribution in [3.63, 3.8) is 0 Å². The third kappa shape index (κ3) is 10.4. The molecule has 0 saturated carbocycles. The number of phenols is 1. The molecule has 432 valence electrons. The maximum Gasteiger partial charge on any atom is 0.148 e. The van der Waals surface area contributed by atoms with Gasteiger partial charge in [-0.25, -0.2) is 4.98 Å². The van der Waals surface area contributed by atoms with Gasteiger partial charge < -0.3 is 5.11 Å². The summed E-state index contributed by atoms with van der Waals surface area (Å²) < 4.78 is 183. The fourth-order valence-electron chi connectivity index (χ4n) is 14.1. The minimum absolute atomic E-state index is 0. The Labute approximate surface area is 540 Å². The van der Waals surface area contributed by atoms with E-state index in [9.17, 15) is 7.85 Å². The largest absolute Gasteiger partial charge is 0.507 e. The Kier molecular flexibility index (Phi) is 9.54. The molecule has 11 rings (SSSR count). The van der Waals surface area contributed by atoms with Gasteiger partial charge >= 0.3 is 0 Å². The van der Waals surface area contributed by atoms with Crippen LogP contribution in [0.5, 0.6) is 5.75 Å². The summed E-state index contributed by atoms with van der Waals surface area (Å²) in [5, 5.41) is 13.4. The van der Waals surface area contributed by atoms with E-state index in [1.807, 2.05) is 78.1 Å². The normalized spacial score (nSPS) is 20.7. The quantitative estimate of drug-likeness (QED) is 0.162. The maximum atomic E-state index is 13.4. The van der Waals surface area contributed by atoms with Crippen molar-refractivity contribution in [3.05, 3.63) is 190 Å². The fourth-order valence-corrected chi connectivity index (χ4v) is 14.1. The predicted octanol–water partition coefficient (Wildman–Crippen LogP) is 21.0. The van der Waals surface area contributed by atoms with Gasteiger partial charge in [-0.1, -0.05) is 240 Å². The Morgan fingerprint density at radius 3 is 1.61 bits per heavy atom. The summed E-state index contributed by atoms with van der Waals surface area (Å²) in [7, 11) is 0. The van der Waals surface area contributed by atoms with E-state index in [-0.39, 0.29) is 59.4 Å². The number of nitrogens with zero attached hydrogens (tertiary/aromatic N) is 3. The molecule has 0 fully saturated rings. The standard InChI is InChI=1S/C78H88N3O.Pt/c1-71(2,3)52-34-35-60(56(42-52)47-28-23-21-24-29-47)81-61-33-27-32-55(68(61)80-70(81)57-43-54(73(7,8)9)44-58(69(57)82)74(10,11)12)50-38-51(40-53(39-50)72(4,5)6)59-41-49(36-37-79-59)63-66-64(75(13,14)45-77(66,17)18)62(48-30-25-22-26-31-48)65-67(63)78(19,20)46-76(65,15)16;/h21-37,39-44,82H,45-46H2,1-20H3;/q-1;/i7D3,8D3,9D3,10D3,11D3,12D3,43D,44D;. The molecular weight excluding hydrogens is 1190 g/mol. The Morgan fingerprint density at radius 1 is 0.518 bits per heavy atom. The number of pyridine rings is 1. The number of imidazole rings is 1. The summed E-state index contributed by atoms with van der Waals surface area (Å²) in [5.41, 5.74) is -0.976. The number of benzene rings is 7. The topological polar surface area (TPSA) is 50.9 Å². The number of aromatic hydroxyl groups is 1. The van der Waals surface area contributed by atoms with Crippen LogP contribution in [0.25, 0.3) is 83.9 Å².